The molecule has 0 aliphatic rings. The zero-order valence-electron chi connectivity index (χ0n) is 13.5. The summed E-state index contributed by atoms with van der Waals surface area (Å²) in [6, 6.07) is 7.20. The molecule has 0 radical (unpaired) electrons. The van der Waals surface area contributed by atoms with E-state index in [1.54, 1.807) is 36.1 Å². The Hall–Kier alpha value is -2.05. The van der Waals surface area contributed by atoms with E-state index in [2.05, 4.69) is 10.4 Å². The molecule has 1 aromatic heterocycles. The second-order valence-corrected chi connectivity index (χ2v) is 5.69. The van der Waals surface area contributed by atoms with Gasteiger partial charge in [0, 0.05) is 25.4 Å². The van der Waals surface area contributed by atoms with Crippen molar-refractivity contribution in [3.05, 3.63) is 47.2 Å². The lowest BCUT2D eigenvalue weighted by Crippen LogP contribution is -2.33. The van der Waals surface area contributed by atoms with Crippen LogP contribution in [0, 0.1) is 0 Å². The number of nitrogens with zero attached hydrogens (tertiary/aromatic N) is 3. The SMILES string of the molecule is COCCn1cc(NC(=O)N(C)C(C)c2ccc(Cl)cc2)cn1. The van der Waals surface area contributed by atoms with Crippen LogP contribution in [0.5, 0.6) is 0 Å². The van der Waals surface area contributed by atoms with E-state index in [-0.39, 0.29) is 12.1 Å². The molecule has 1 N–H and O–H groups in total. The van der Waals surface area contributed by atoms with Gasteiger partial charge in [0.25, 0.3) is 0 Å². The normalized spacial score (nSPS) is 12.0. The maximum atomic E-state index is 12.3. The third kappa shape index (κ3) is 4.71. The van der Waals surface area contributed by atoms with Crippen molar-refractivity contribution in [3.63, 3.8) is 0 Å². The molecule has 0 spiro atoms. The van der Waals surface area contributed by atoms with Crippen molar-refractivity contribution in [3.8, 4) is 0 Å². The minimum atomic E-state index is -0.196. The number of methoxy groups -OCH3 is 1. The number of rotatable bonds is 6. The fourth-order valence-corrected chi connectivity index (χ4v) is 2.21. The summed E-state index contributed by atoms with van der Waals surface area (Å²) in [5.74, 6) is 0. The zero-order valence-corrected chi connectivity index (χ0v) is 14.2. The standard InChI is InChI=1S/C16H21ClN4O2/c1-12(13-4-6-14(17)7-5-13)20(2)16(22)19-15-10-18-21(11-15)8-9-23-3/h4-7,10-12H,8-9H2,1-3H3,(H,19,22). The Morgan fingerprint density at radius 2 is 2.13 bits per heavy atom. The minimum absolute atomic E-state index is 0.0733. The number of aromatic nitrogens is 2. The van der Waals surface area contributed by atoms with Crippen molar-refractivity contribution >= 4 is 23.3 Å². The molecule has 2 amide bonds. The quantitative estimate of drug-likeness (QED) is 0.879. The predicted octanol–water partition coefficient (Wildman–Crippen LogP) is 3.41. The first kappa shape index (κ1) is 17.3. The van der Waals surface area contributed by atoms with Gasteiger partial charge in [-0.2, -0.15) is 5.10 Å². The van der Waals surface area contributed by atoms with Crippen LogP contribution in [0.3, 0.4) is 0 Å². The summed E-state index contributed by atoms with van der Waals surface area (Å²) in [5.41, 5.74) is 1.67. The van der Waals surface area contributed by atoms with E-state index in [1.165, 1.54) is 0 Å². The molecule has 0 bridgehead atoms. The molecule has 0 aliphatic heterocycles. The molecule has 1 heterocycles. The van der Waals surface area contributed by atoms with Crippen LogP contribution in [-0.2, 0) is 11.3 Å². The second-order valence-electron chi connectivity index (χ2n) is 5.25. The molecule has 0 fully saturated rings. The van der Waals surface area contributed by atoms with Gasteiger partial charge in [0.15, 0.2) is 0 Å². The van der Waals surface area contributed by atoms with Gasteiger partial charge in [-0.1, -0.05) is 23.7 Å². The third-order valence-corrected chi connectivity index (χ3v) is 3.91. The van der Waals surface area contributed by atoms with E-state index in [0.29, 0.717) is 23.9 Å². The molecule has 124 valence electrons. The Labute approximate surface area is 141 Å². The van der Waals surface area contributed by atoms with Gasteiger partial charge in [0.2, 0.25) is 0 Å². The van der Waals surface area contributed by atoms with E-state index >= 15 is 0 Å². The maximum Gasteiger partial charge on any atom is 0.322 e. The number of anilines is 1. The van der Waals surface area contributed by atoms with Gasteiger partial charge in [-0.25, -0.2) is 4.79 Å². The van der Waals surface area contributed by atoms with Crippen LogP contribution in [-0.4, -0.2) is 41.5 Å². The number of ether oxygens (including phenoxy) is 1. The van der Waals surface area contributed by atoms with E-state index in [9.17, 15) is 4.79 Å². The minimum Gasteiger partial charge on any atom is -0.383 e. The van der Waals surface area contributed by atoms with Gasteiger partial charge >= 0.3 is 6.03 Å². The molecule has 0 saturated carbocycles. The number of carbonyl (C=O) groups excluding carboxylic acids is 1. The predicted molar refractivity (Wildman–Crippen MR) is 90.8 cm³/mol. The average Bonchev–Trinajstić information content (AvgIpc) is 2.99. The topological polar surface area (TPSA) is 59.4 Å². The summed E-state index contributed by atoms with van der Waals surface area (Å²) in [6.07, 6.45) is 3.39. The fraction of sp³-hybridized carbons (Fsp3) is 0.375. The van der Waals surface area contributed by atoms with Crippen LogP contribution >= 0.6 is 11.6 Å². The third-order valence-electron chi connectivity index (χ3n) is 3.66. The Morgan fingerprint density at radius 3 is 2.78 bits per heavy atom. The Kier molecular flexibility index (Phi) is 6.01. The summed E-state index contributed by atoms with van der Waals surface area (Å²) in [7, 11) is 3.39. The molecular weight excluding hydrogens is 316 g/mol. The number of hydrogen-bond acceptors (Lipinski definition) is 3. The number of urea groups is 1. The molecule has 2 aromatic rings. The van der Waals surface area contributed by atoms with Gasteiger partial charge < -0.3 is 15.0 Å². The lowest BCUT2D eigenvalue weighted by Gasteiger charge is -2.25. The van der Waals surface area contributed by atoms with Crippen molar-refractivity contribution in [1.82, 2.24) is 14.7 Å². The number of nitrogens with one attached hydrogen (secondary N) is 1. The molecule has 1 aromatic carbocycles. The van der Waals surface area contributed by atoms with Gasteiger partial charge in [-0.05, 0) is 24.6 Å². The molecule has 1 unspecified atom stereocenters. The summed E-state index contributed by atoms with van der Waals surface area (Å²) >= 11 is 5.89. The largest absolute Gasteiger partial charge is 0.383 e. The first-order chi connectivity index (χ1) is 11.0. The highest BCUT2D eigenvalue weighted by atomic mass is 35.5. The molecule has 7 heteroatoms. The van der Waals surface area contributed by atoms with Crippen molar-refractivity contribution in [1.29, 1.82) is 0 Å². The highest BCUT2D eigenvalue weighted by Crippen LogP contribution is 2.21. The van der Waals surface area contributed by atoms with Gasteiger partial charge in [0.1, 0.15) is 0 Å². The molecule has 2 rings (SSSR count). The van der Waals surface area contributed by atoms with Crippen LogP contribution in [0.4, 0.5) is 10.5 Å². The molecule has 1 atom stereocenters. The van der Waals surface area contributed by atoms with Crippen molar-refractivity contribution in [2.45, 2.75) is 19.5 Å². The smallest absolute Gasteiger partial charge is 0.322 e. The molecule has 0 aliphatic carbocycles. The van der Waals surface area contributed by atoms with E-state index in [1.807, 2.05) is 31.2 Å². The van der Waals surface area contributed by atoms with Crippen LogP contribution in [0.1, 0.15) is 18.5 Å². The molecular formula is C16H21ClN4O2. The second kappa shape index (κ2) is 7.99. The lowest BCUT2D eigenvalue weighted by atomic mass is 10.1. The van der Waals surface area contributed by atoms with E-state index < -0.39 is 0 Å². The van der Waals surface area contributed by atoms with Gasteiger partial charge in [0.05, 0.1) is 31.1 Å². The van der Waals surface area contributed by atoms with Crippen molar-refractivity contribution in [2.24, 2.45) is 0 Å². The summed E-state index contributed by atoms with van der Waals surface area (Å²) in [6.45, 7) is 3.18. The lowest BCUT2D eigenvalue weighted by molar-refractivity contribution is 0.183. The number of carbonyl (C=O) groups is 1. The Bertz CT molecular complexity index is 642. The Balaban J connectivity index is 1.96. The monoisotopic (exact) mass is 336 g/mol. The van der Waals surface area contributed by atoms with Gasteiger partial charge in [-0.3, -0.25) is 4.68 Å². The first-order valence-electron chi connectivity index (χ1n) is 7.32. The van der Waals surface area contributed by atoms with Gasteiger partial charge in [-0.15, -0.1) is 0 Å². The maximum absolute atomic E-state index is 12.3. The van der Waals surface area contributed by atoms with Crippen LogP contribution in [0.25, 0.3) is 0 Å². The Morgan fingerprint density at radius 1 is 1.43 bits per heavy atom. The highest BCUT2D eigenvalue weighted by Gasteiger charge is 2.17. The van der Waals surface area contributed by atoms with Crippen molar-refractivity contribution < 1.29 is 9.53 Å². The summed E-state index contributed by atoms with van der Waals surface area (Å²) < 4.78 is 6.72. The van der Waals surface area contributed by atoms with E-state index in [4.69, 9.17) is 16.3 Å². The van der Waals surface area contributed by atoms with Crippen molar-refractivity contribution in [2.75, 3.05) is 26.1 Å². The summed E-state index contributed by atoms with van der Waals surface area (Å²) in [4.78, 5) is 14.0. The number of benzene rings is 1. The molecule has 23 heavy (non-hydrogen) atoms. The first-order valence-corrected chi connectivity index (χ1v) is 7.69. The average molecular weight is 337 g/mol. The molecule has 0 saturated heterocycles. The fourth-order valence-electron chi connectivity index (χ4n) is 2.09. The van der Waals surface area contributed by atoms with E-state index in [0.717, 1.165) is 5.56 Å². The molecule has 6 nitrogen and oxygen atoms in total. The number of amides is 2. The number of hydrogen-bond donors (Lipinski definition) is 1. The van der Waals surface area contributed by atoms with Crippen LogP contribution in [0.2, 0.25) is 5.02 Å². The summed E-state index contributed by atoms with van der Waals surface area (Å²) in [5, 5.41) is 7.68. The highest BCUT2D eigenvalue weighted by molar-refractivity contribution is 6.30. The van der Waals surface area contributed by atoms with Crippen LogP contribution < -0.4 is 5.32 Å². The number of halogens is 1. The van der Waals surface area contributed by atoms with Crippen LogP contribution in [0.15, 0.2) is 36.7 Å². The zero-order chi connectivity index (χ0) is 16.8.